The maximum absolute atomic E-state index is 12.0. The predicted molar refractivity (Wildman–Crippen MR) is 119 cm³/mol. The fourth-order valence-corrected chi connectivity index (χ4v) is 4.17. The molecule has 2 heterocycles. The van der Waals surface area contributed by atoms with E-state index >= 15 is 0 Å². The topological polar surface area (TPSA) is 82.1 Å². The van der Waals surface area contributed by atoms with Crippen molar-refractivity contribution < 1.29 is 9.53 Å². The molecule has 0 amide bonds. The number of ether oxygens (including phenoxy) is 1. The molecule has 1 atom stereocenters. The number of nitrogens with one attached hydrogen (secondary N) is 2. The number of thiazole rings is 1. The summed E-state index contributed by atoms with van der Waals surface area (Å²) in [5.41, 5.74) is 0.713. The highest BCUT2D eigenvalue weighted by Gasteiger charge is 2.20. The lowest BCUT2D eigenvalue weighted by atomic mass is 10.3. The van der Waals surface area contributed by atoms with Crippen LogP contribution in [-0.4, -0.2) is 86.2 Å². The lowest BCUT2D eigenvalue weighted by molar-refractivity contribution is 0.0531. The van der Waals surface area contributed by atoms with Crippen LogP contribution in [0.3, 0.4) is 0 Å². The van der Waals surface area contributed by atoms with Crippen molar-refractivity contribution in [2.75, 3.05) is 59.5 Å². The maximum atomic E-state index is 12.0. The molecule has 0 aromatic carbocycles. The molecule has 164 valence electrons. The van der Waals surface area contributed by atoms with Crippen LogP contribution in [0, 0.1) is 6.92 Å². The summed E-state index contributed by atoms with van der Waals surface area (Å²) in [6.45, 7) is 15.1. The second-order valence-corrected chi connectivity index (χ2v) is 8.34. The van der Waals surface area contributed by atoms with E-state index < -0.39 is 0 Å². The number of esters is 1. The Hall–Kier alpha value is -1.71. The molecule has 2 rings (SSSR count). The number of hydrogen-bond donors (Lipinski definition) is 2. The number of carbonyl (C=O) groups is 1. The zero-order valence-corrected chi connectivity index (χ0v) is 19.3. The molecule has 8 nitrogen and oxygen atoms in total. The lowest BCUT2D eigenvalue weighted by Crippen LogP contribution is -2.39. The summed E-state index contributed by atoms with van der Waals surface area (Å²) in [5.74, 6) is 0.474. The average Bonchev–Trinajstić information content (AvgIpc) is 2.95. The van der Waals surface area contributed by atoms with Gasteiger partial charge in [-0.15, -0.1) is 11.3 Å². The van der Waals surface area contributed by atoms with Gasteiger partial charge in [-0.3, -0.25) is 4.99 Å². The monoisotopic (exact) mass is 424 g/mol. The van der Waals surface area contributed by atoms with E-state index in [2.05, 4.69) is 39.4 Å². The van der Waals surface area contributed by atoms with E-state index in [9.17, 15) is 4.79 Å². The minimum absolute atomic E-state index is 0.0495. The second kappa shape index (κ2) is 12.1. The molecule has 2 N–H and O–H groups in total. The number of guanidine groups is 1. The normalized spacial score (nSPS) is 17.6. The summed E-state index contributed by atoms with van der Waals surface area (Å²) in [6.07, 6.45) is 1.21. The number of aliphatic imine (C=N–C) groups is 1. The number of aromatic nitrogens is 1. The minimum Gasteiger partial charge on any atom is -0.462 e. The van der Waals surface area contributed by atoms with E-state index in [0.29, 0.717) is 17.2 Å². The molecule has 1 aliphatic heterocycles. The summed E-state index contributed by atoms with van der Waals surface area (Å²) >= 11 is 1.38. The van der Waals surface area contributed by atoms with Crippen molar-refractivity contribution in [3.63, 3.8) is 0 Å². The highest BCUT2D eigenvalue weighted by atomic mass is 32.1. The van der Waals surface area contributed by atoms with Crippen LogP contribution in [-0.2, 0) is 4.74 Å². The summed E-state index contributed by atoms with van der Waals surface area (Å²) in [5, 5.41) is 7.57. The number of hydrogen-bond acceptors (Lipinski definition) is 7. The van der Waals surface area contributed by atoms with Crippen molar-refractivity contribution in [3.8, 4) is 0 Å². The first-order valence-electron chi connectivity index (χ1n) is 10.5. The molecule has 1 aromatic heterocycles. The van der Waals surface area contributed by atoms with Gasteiger partial charge in [0.1, 0.15) is 9.88 Å². The van der Waals surface area contributed by atoms with Gasteiger partial charge in [0.25, 0.3) is 0 Å². The Morgan fingerprint density at radius 2 is 2.10 bits per heavy atom. The minimum atomic E-state index is -0.301. The van der Waals surface area contributed by atoms with E-state index in [1.54, 1.807) is 0 Å². The Morgan fingerprint density at radius 1 is 1.31 bits per heavy atom. The van der Waals surface area contributed by atoms with Crippen LogP contribution in [0.2, 0.25) is 0 Å². The molecule has 1 unspecified atom stereocenters. The maximum Gasteiger partial charge on any atom is 0.350 e. The van der Waals surface area contributed by atoms with Crippen molar-refractivity contribution in [2.24, 2.45) is 4.99 Å². The molecule has 0 radical (unpaired) electrons. The zero-order chi connectivity index (χ0) is 21.2. The van der Waals surface area contributed by atoms with Gasteiger partial charge in [0.05, 0.1) is 24.9 Å². The molecule has 1 aromatic rings. The molecule has 29 heavy (non-hydrogen) atoms. The van der Waals surface area contributed by atoms with Crippen LogP contribution in [0.1, 0.15) is 53.6 Å². The average molecular weight is 425 g/mol. The molecule has 1 fully saturated rings. The van der Waals surface area contributed by atoms with E-state index in [1.165, 1.54) is 24.3 Å². The standard InChI is InChI=1S/C20H36N6O2S/c1-6-21-20(22-9-12-26-11-8-10-25(5)13-14-26)24-16(4)18-23-15(3)17(29-18)19(27)28-7-2/h16H,6-14H2,1-5H3,(H2,21,22,24). The van der Waals surface area contributed by atoms with Gasteiger partial charge in [-0.25, -0.2) is 9.78 Å². The van der Waals surface area contributed by atoms with Crippen LogP contribution < -0.4 is 10.6 Å². The Balaban J connectivity index is 1.94. The molecule has 0 saturated carbocycles. The predicted octanol–water partition coefficient (Wildman–Crippen LogP) is 1.88. The first kappa shape index (κ1) is 23.6. The van der Waals surface area contributed by atoms with Gasteiger partial charge in [-0.2, -0.15) is 0 Å². The Morgan fingerprint density at radius 3 is 2.83 bits per heavy atom. The number of aryl methyl sites for hydroxylation is 1. The number of rotatable bonds is 8. The van der Waals surface area contributed by atoms with Crippen molar-refractivity contribution in [1.82, 2.24) is 25.4 Å². The molecule has 1 saturated heterocycles. The van der Waals surface area contributed by atoms with E-state index in [-0.39, 0.29) is 12.0 Å². The van der Waals surface area contributed by atoms with E-state index in [1.807, 2.05) is 20.8 Å². The smallest absolute Gasteiger partial charge is 0.350 e. The largest absolute Gasteiger partial charge is 0.462 e. The van der Waals surface area contributed by atoms with Crippen LogP contribution in [0.5, 0.6) is 0 Å². The molecule has 0 aliphatic carbocycles. The van der Waals surface area contributed by atoms with Gasteiger partial charge in [-0.05, 0) is 54.3 Å². The van der Waals surface area contributed by atoms with Gasteiger partial charge in [0.2, 0.25) is 0 Å². The molecule has 0 bridgehead atoms. The van der Waals surface area contributed by atoms with Crippen LogP contribution in [0.25, 0.3) is 0 Å². The van der Waals surface area contributed by atoms with Gasteiger partial charge in [-0.1, -0.05) is 0 Å². The summed E-state index contributed by atoms with van der Waals surface area (Å²) in [7, 11) is 2.18. The molecule has 1 aliphatic rings. The Labute approximate surface area is 178 Å². The van der Waals surface area contributed by atoms with Crippen LogP contribution in [0.4, 0.5) is 0 Å². The highest BCUT2D eigenvalue weighted by Crippen LogP contribution is 2.24. The third-order valence-electron chi connectivity index (χ3n) is 4.84. The molecular weight excluding hydrogens is 388 g/mol. The fraction of sp³-hybridized carbons (Fsp3) is 0.750. The Kier molecular flexibility index (Phi) is 9.83. The number of nitrogens with zero attached hydrogens (tertiary/aromatic N) is 4. The van der Waals surface area contributed by atoms with Gasteiger partial charge >= 0.3 is 5.97 Å². The lowest BCUT2D eigenvalue weighted by Gasteiger charge is -2.20. The Bertz CT molecular complexity index is 678. The van der Waals surface area contributed by atoms with Crippen molar-refractivity contribution in [3.05, 3.63) is 15.6 Å². The highest BCUT2D eigenvalue weighted by molar-refractivity contribution is 7.13. The van der Waals surface area contributed by atoms with Gasteiger partial charge in [0, 0.05) is 26.2 Å². The quantitative estimate of drug-likeness (QED) is 0.375. The molecule has 9 heteroatoms. The van der Waals surface area contributed by atoms with Gasteiger partial charge in [0.15, 0.2) is 5.96 Å². The van der Waals surface area contributed by atoms with Crippen LogP contribution in [0.15, 0.2) is 4.99 Å². The third-order valence-corrected chi connectivity index (χ3v) is 6.16. The summed E-state index contributed by atoms with van der Waals surface area (Å²) in [4.78, 5) is 26.8. The van der Waals surface area contributed by atoms with Gasteiger partial charge < -0.3 is 25.2 Å². The molecular formula is C20H36N6O2S. The third kappa shape index (κ3) is 7.56. The SMILES string of the molecule is CCNC(=NCCN1CCCN(C)CC1)NC(C)c1nc(C)c(C(=O)OCC)s1. The van der Waals surface area contributed by atoms with Crippen molar-refractivity contribution >= 4 is 23.3 Å². The molecule has 0 spiro atoms. The van der Waals surface area contributed by atoms with E-state index in [0.717, 1.165) is 50.2 Å². The summed E-state index contributed by atoms with van der Waals surface area (Å²) in [6, 6.07) is -0.0495. The number of likely N-dealkylation sites (N-methyl/N-ethyl adjacent to an activating group) is 1. The van der Waals surface area contributed by atoms with Crippen molar-refractivity contribution in [2.45, 2.75) is 40.2 Å². The first-order chi connectivity index (χ1) is 13.9. The zero-order valence-electron chi connectivity index (χ0n) is 18.5. The fourth-order valence-electron chi connectivity index (χ4n) is 3.20. The second-order valence-electron chi connectivity index (χ2n) is 7.31. The van der Waals surface area contributed by atoms with Crippen LogP contribution >= 0.6 is 11.3 Å². The van der Waals surface area contributed by atoms with Crippen molar-refractivity contribution in [1.29, 1.82) is 0 Å². The number of carbonyl (C=O) groups excluding carboxylic acids is 1. The van der Waals surface area contributed by atoms with E-state index in [4.69, 9.17) is 9.73 Å². The first-order valence-corrected chi connectivity index (χ1v) is 11.4. The summed E-state index contributed by atoms with van der Waals surface area (Å²) < 4.78 is 5.12.